The molecule has 0 atom stereocenters. The number of carbonyl (C=O) groups is 1. The van der Waals surface area contributed by atoms with Crippen LogP contribution >= 0.6 is 0 Å². The molecule has 0 aliphatic heterocycles. The third-order valence-electron chi connectivity index (χ3n) is 2.65. The molecule has 0 unspecified atom stereocenters. The van der Waals surface area contributed by atoms with Crippen molar-refractivity contribution < 1.29 is 14.6 Å². The maximum Gasteiger partial charge on any atom is 0.419 e. The topological polar surface area (TPSA) is 51.5 Å². The molecule has 0 bridgehead atoms. The SMILES string of the molecule is Cc1c(O)c2ccccc2n1C(=O)OC(C)(C)C. The average Bonchev–Trinajstić information content (AvgIpc) is 2.50. The molecular weight excluding hydrogens is 230 g/mol. The van der Waals surface area contributed by atoms with Gasteiger partial charge in [0.25, 0.3) is 0 Å². The standard InChI is InChI=1S/C14H17NO3/c1-9-12(16)10-7-5-6-8-11(10)15(9)13(17)18-14(2,3)4/h5-8,16H,1-4H3. The van der Waals surface area contributed by atoms with E-state index in [2.05, 4.69) is 0 Å². The second kappa shape index (κ2) is 4.05. The number of rotatable bonds is 0. The summed E-state index contributed by atoms with van der Waals surface area (Å²) in [4.78, 5) is 12.1. The van der Waals surface area contributed by atoms with Gasteiger partial charge in [0.1, 0.15) is 11.4 Å². The molecule has 2 rings (SSSR count). The van der Waals surface area contributed by atoms with Gasteiger partial charge in [0, 0.05) is 5.39 Å². The molecule has 4 heteroatoms. The van der Waals surface area contributed by atoms with E-state index in [0.717, 1.165) is 0 Å². The smallest absolute Gasteiger partial charge is 0.419 e. The zero-order valence-corrected chi connectivity index (χ0v) is 11.0. The van der Waals surface area contributed by atoms with Gasteiger partial charge in [-0.25, -0.2) is 9.36 Å². The number of aromatic nitrogens is 1. The normalized spacial score (nSPS) is 11.8. The Kier molecular flexibility index (Phi) is 2.81. The van der Waals surface area contributed by atoms with Gasteiger partial charge in [-0.2, -0.15) is 0 Å². The molecule has 0 spiro atoms. The lowest BCUT2D eigenvalue weighted by atomic mass is 10.2. The summed E-state index contributed by atoms with van der Waals surface area (Å²) in [5.41, 5.74) is 0.581. The van der Waals surface area contributed by atoms with Gasteiger partial charge in [0.2, 0.25) is 0 Å². The first kappa shape index (κ1) is 12.5. The summed E-state index contributed by atoms with van der Waals surface area (Å²) in [6, 6.07) is 7.20. The van der Waals surface area contributed by atoms with E-state index >= 15 is 0 Å². The third-order valence-corrected chi connectivity index (χ3v) is 2.65. The van der Waals surface area contributed by atoms with E-state index in [1.165, 1.54) is 4.57 Å². The number of benzene rings is 1. The Bertz CT molecular complexity index is 605. The minimum atomic E-state index is -0.565. The number of nitrogens with zero attached hydrogens (tertiary/aromatic N) is 1. The molecule has 0 saturated heterocycles. The van der Waals surface area contributed by atoms with Crippen LogP contribution < -0.4 is 0 Å². The van der Waals surface area contributed by atoms with Crippen molar-refractivity contribution >= 4 is 17.0 Å². The van der Waals surface area contributed by atoms with E-state index in [1.54, 1.807) is 19.1 Å². The van der Waals surface area contributed by atoms with E-state index in [0.29, 0.717) is 16.6 Å². The highest BCUT2D eigenvalue weighted by Gasteiger charge is 2.23. The predicted octanol–water partition coefficient (Wildman–Crippen LogP) is 3.44. The fraction of sp³-hybridized carbons (Fsp3) is 0.357. The highest BCUT2D eigenvalue weighted by atomic mass is 16.6. The summed E-state index contributed by atoms with van der Waals surface area (Å²) in [5, 5.41) is 10.7. The first-order valence-electron chi connectivity index (χ1n) is 5.83. The highest BCUT2D eigenvalue weighted by Crippen LogP contribution is 2.31. The van der Waals surface area contributed by atoms with Gasteiger partial charge in [0.05, 0.1) is 11.2 Å². The predicted molar refractivity (Wildman–Crippen MR) is 70.0 cm³/mol. The van der Waals surface area contributed by atoms with Gasteiger partial charge in [-0.1, -0.05) is 12.1 Å². The summed E-state index contributed by atoms with van der Waals surface area (Å²) in [6.07, 6.45) is -0.475. The van der Waals surface area contributed by atoms with Crippen LogP contribution in [0.4, 0.5) is 4.79 Å². The van der Waals surface area contributed by atoms with Gasteiger partial charge < -0.3 is 9.84 Å². The van der Waals surface area contributed by atoms with E-state index < -0.39 is 11.7 Å². The molecule has 96 valence electrons. The molecule has 4 nitrogen and oxygen atoms in total. The summed E-state index contributed by atoms with van der Waals surface area (Å²) in [7, 11) is 0. The Morgan fingerprint density at radius 1 is 1.28 bits per heavy atom. The Balaban J connectivity index is 2.58. The van der Waals surface area contributed by atoms with Crippen LogP contribution in [0, 0.1) is 6.92 Å². The monoisotopic (exact) mass is 247 g/mol. The fourth-order valence-electron chi connectivity index (χ4n) is 1.89. The number of para-hydroxylation sites is 1. The van der Waals surface area contributed by atoms with Crippen LogP contribution in [0.3, 0.4) is 0 Å². The highest BCUT2D eigenvalue weighted by molar-refractivity contribution is 5.95. The lowest BCUT2D eigenvalue weighted by Crippen LogP contribution is -2.27. The van der Waals surface area contributed by atoms with E-state index in [-0.39, 0.29) is 5.75 Å². The van der Waals surface area contributed by atoms with Crippen LogP contribution in [-0.2, 0) is 4.74 Å². The Labute approximate surface area is 106 Å². The third kappa shape index (κ3) is 2.06. The maximum atomic E-state index is 12.1. The van der Waals surface area contributed by atoms with Gasteiger partial charge in [-0.05, 0) is 39.8 Å². The van der Waals surface area contributed by atoms with Crippen LogP contribution in [0.5, 0.6) is 5.75 Å². The molecular formula is C14H17NO3. The summed E-state index contributed by atoms with van der Waals surface area (Å²) >= 11 is 0. The molecule has 0 aliphatic carbocycles. The quantitative estimate of drug-likeness (QED) is 0.775. The van der Waals surface area contributed by atoms with Gasteiger partial charge in [-0.3, -0.25) is 0 Å². The lowest BCUT2D eigenvalue weighted by Gasteiger charge is -2.20. The van der Waals surface area contributed by atoms with Gasteiger partial charge in [0.15, 0.2) is 0 Å². The number of aromatic hydroxyl groups is 1. The summed E-state index contributed by atoms with van der Waals surface area (Å²) < 4.78 is 6.74. The van der Waals surface area contributed by atoms with Gasteiger partial charge >= 0.3 is 6.09 Å². The molecule has 0 fully saturated rings. The summed E-state index contributed by atoms with van der Waals surface area (Å²) in [6.45, 7) is 7.13. The Morgan fingerprint density at radius 3 is 2.50 bits per heavy atom. The number of carbonyl (C=O) groups excluding carboxylic acids is 1. The van der Waals surface area contributed by atoms with Crippen molar-refractivity contribution in [1.29, 1.82) is 0 Å². The summed E-state index contributed by atoms with van der Waals surface area (Å²) in [5.74, 6) is 0.122. The van der Waals surface area contributed by atoms with Crippen molar-refractivity contribution in [3.05, 3.63) is 30.0 Å². The molecule has 2 aromatic rings. The number of hydrogen-bond acceptors (Lipinski definition) is 3. The van der Waals surface area contributed by atoms with Crippen molar-refractivity contribution in [2.24, 2.45) is 0 Å². The molecule has 0 amide bonds. The van der Waals surface area contributed by atoms with Gasteiger partial charge in [-0.15, -0.1) is 0 Å². The van der Waals surface area contributed by atoms with Crippen molar-refractivity contribution in [3.63, 3.8) is 0 Å². The number of hydrogen-bond donors (Lipinski definition) is 1. The van der Waals surface area contributed by atoms with E-state index in [9.17, 15) is 9.90 Å². The Morgan fingerprint density at radius 2 is 1.89 bits per heavy atom. The molecule has 1 heterocycles. The molecule has 18 heavy (non-hydrogen) atoms. The molecule has 0 saturated carbocycles. The van der Waals surface area contributed by atoms with Crippen molar-refractivity contribution in [2.75, 3.05) is 0 Å². The van der Waals surface area contributed by atoms with Crippen molar-refractivity contribution in [3.8, 4) is 5.75 Å². The molecule has 1 N–H and O–H groups in total. The van der Waals surface area contributed by atoms with Crippen LogP contribution in [0.15, 0.2) is 24.3 Å². The van der Waals surface area contributed by atoms with E-state index in [1.807, 2.05) is 32.9 Å². The molecule has 0 aliphatic rings. The zero-order valence-electron chi connectivity index (χ0n) is 11.0. The first-order valence-corrected chi connectivity index (χ1v) is 5.83. The van der Waals surface area contributed by atoms with E-state index in [4.69, 9.17) is 4.74 Å². The fourth-order valence-corrected chi connectivity index (χ4v) is 1.89. The molecule has 1 aromatic heterocycles. The van der Waals surface area contributed by atoms with Crippen LogP contribution in [0.25, 0.3) is 10.9 Å². The maximum absolute atomic E-state index is 12.1. The van der Waals surface area contributed by atoms with Crippen molar-refractivity contribution in [1.82, 2.24) is 4.57 Å². The second-order valence-electron chi connectivity index (χ2n) is 5.27. The van der Waals surface area contributed by atoms with Crippen LogP contribution in [0.1, 0.15) is 26.5 Å². The van der Waals surface area contributed by atoms with Crippen molar-refractivity contribution in [2.45, 2.75) is 33.3 Å². The Hall–Kier alpha value is -1.97. The lowest BCUT2D eigenvalue weighted by molar-refractivity contribution is 0.0541. The molecule has 1 aromatic carbocycles. The first-order chi connectivity index (χ1) is 8.31. The van der Waals surface area contributed by atoms with Crippen LogP contribution in [-0.4, -0.2) is 21.4 Å². The largest absolute Gasteiger partial charge is 0.505 e. The second-order valence-corrected chi connectivity index (χ2v) is 5.27. The molecule has 0 radical (unpaired) electrons. The number of fused-ring (bicyclic) bond motifs is 1. The average molecular weight is 247 g/mol. The zero-order chi connectivity index (χ0) is 13.5. The minimum absolute atomic E-state index is 0.122. The van der Waals surface area contributed by atoms with Crippen LogP contribution in [0.2, 0.25) is 0 Å². The number of ether oxygens (including phenoxy) is 1. The minimum Gasteiger partial charge on any atom is -0.505 e.